The number of hydrogen-bond acceptors (Lipinski definition) is 4. The second-order valence-corrected chi connectivity index (χ2v) is 7.13. The maximum Gasteiger partial charge on any atom is 0.243 e. The van der Waals surface area contributed by atoms with Gasteiger partial charge >= 0.3 is 0 Å². The summed E-state index contributed by atoms with van der Waals surface area (Å²) < 4.78 is 31.9. The Bertz CT molecular complexity index is 601. The molecule has 1 saturated heterocycles. The molecule has 110 valence electrons. The minimum atomic E-state index is -3.52. The van der Waals surface area contributed by atoms with Gasteiger partial charge in [-0.25, -0.2) is 8.42 Å². The maximum absolute atomic E-state index is 12.6. The Labute approximate surface area is 124 Å². The molecule has 0 aliphatic carbocycles. The van der Waals surface area contributed by atoms with E-state index in [1.807, 2.05) is 0 Å². The lowest BCUT2D eigenvalue weighted by Crippen LogP contribution is -2.42. The first-order valence-electron chi connectivity index (χ1n) is 6.38. The van der Waals surface area contributed by atoms with E-state index in [-0.39, 0.29) is 16.0 Å². The van der Waals surface area contributed by atoms with Crippen LogP contribution >= 0.6 is 12.2 Å². The summed E-state index contributed by atoms with van der Waals surface area (Å²) in [6, 6.07) is 6.44. The zero-order chi connectivity index (χ0) is 14.8. The molecule has 1 fully saturated rings. The Balaban J connectivity index is 2.30. The van der Waals surface area contributed by atoms with Gasteiger partial charge in [-0.2, -0.15) is 4.31 Å². The van der Waals surface area contributed by atoms with Crippen molar-refractivity contribution in [3.63, 3.8) is 0 Å². The summed E-state index contributed by atoms with van der Waals surface area (Å²) >= 11 is 4.89. The fraction of sp³-hybridized carbons (Fsp3) is 0.462. The highest BCUT2D eigenvalue weighted by Crippen LogP contribution is 2.22. The van der Waals surface area contributed by atoms with E-state index >= 15 is 0 Å². The second-order valence-electron chi connectivity index (χ2n) is 4.76. The average molecular weight is 314 g/mol. The van der Waals surface area contributed by atoms with Gasteiger partial charge in [0.15, 0.2) is 0 Å². The van der Waals surface area contributed by atoms with Crippen molar-refractivity contribution in [2.45, 2.75) is 23.8 Å². The van der Waals surface area contributed by atoms with Crippen LogP contribution in [0.3, 0.4) is 0 Å². The van der Waals surface area contributed by atoms with Crippen molar-refractivity contribution in [1.82, 2.24) is 4.31 Å². The Hall–Kier alpha value is -1.02. The first-order chi connectivity index (χ1) is 9.45. The highest BCUT2D eigenvalue weighted by Gasteiger charge is 2.30. The molecule has 0 bridgehead atoms. The van der Waals surface area contributed by atoms with Gasteiger partial charge in [-0.3, -0.25) is 0 Å². The third-order valence-corrected chi connectivity index (χ3v) is 5.53. The molecule has 1 aliphatic rings. The number of methoxy groups -OCH3 is 1. The van der Waals surface area contributed by atoms with Crippen LogP contribution in [0.2, 0.25) is 0 Å². The molecule has 0 spiro atoms. The Morgan fingerprint density at radius 3 is 2.90 bits per heavy atom. The Morgan fingerprint density at radius 1 is 1.50 bits per heavy atom. The molecular weight excluding hydrogens is 296 g/mol. The molecule has 0 amide bonds. The van der Waals surface area contributed by atoms with E-state index < -0.39 is 10.0 Å². The van der Waals surface area contributed by atoms with E-state index in [0.29, 0.717) is 18.7 Å². The zero-order valence-corrected chi connectivity index (χ0v) is 12.9. The highest BCUT2D eigenvalue weighted by molar-refractivity contribution is 7.89. The van der Waals surface area contributed by atoms with Gasteiger partial charge in [-0.15, -0.1) is 0 Å². The van der Waals surface area contributed by atoms with Gasteiger partial charge in [0.1, 0.15) is 4.99 Å². The van der Waals surface area contributed by atoms with Gasteiger partial charge < -0.3 is 10.5 Å². The van der Waals surface area contributed by atoms with Crippen LogP contribution in [0.1, 0.15) is 18.4 Å². The van der Waals surface area contributed by atoms with Crippen molar-refractivity contribution < 1.29 is 13.2 Å². The molecular formula is C13H18N2O3S2. The first kappa shape index (κ1) is 15.4. The molecule has 1 unspecified atom stereocenters. The monoisotopic (exact) mass is 314 g/mol. The quantitative estimate of drug-likeness (QED) is 0.843. The average Bonchev–Trinajstić information content (AvgIpc) is 2.47. The summed E-state index contributed by atoms with van der Waals surface area (Å²) in [5.41, 5.74) is 6.11. The van der Waals surface area contributed by atoms with Gasteiger partial charge in [-0.05, 0) is 25.0 Å². The number of nitrogens with zero attached hydrogens (tertiary/aromatic N) is 1. The maximum atomic E-state index is 12.6. The fourth-order valence-electron chi connectivity index (χ4n) is 2.27. The van der Waals surface area contributed by atoms with Crippen LogP contribution in [0, 0.1) is 0 Å². The Morgan fingerprint density at radius 2 is 2.25 bits per heavy atom. The van der Waals surface area contributed by atoms with Gasteiger partial charge in [0, 0.05) is 25.8 Å². The number of sulfonamides is 1. The van der Waals surface area contributed by atoms with E-state index in [9.17, 15) is 8.42 Å². The molecule has 0 saturated carbocycles. The molecule has 7 heteroatoms. The zero-order valence-electron chi connectivity index (χ0n) is 11.3. The summed E-state index contributed by atoms with van der Waals surface area (Å²) in [4.78, 5) is 0.412. The van der Waals surface area contributed by atoms with Crippen LogP contribution in [-0.4, -0.2) is 44.0 Å². The number of hydrogen-bond donors (Lipinski definition) is 1. The van der Waals surface area contributed by atoms with Gasteiger partial charge in [0.25, 0.3) is 0 Å². The molecule has 20 heavy (non-hydrogen) atoms. The van der Waals surface area contributed by atoms with Crippen LogP contribution in [-0.2, 0) is 14.8 Å². The van der Waals surface area contributed by atoms with Crippen LogP contribution in [0.5, 0.6) is 0 Å². The van der Waals surface area contributed by atoms with Crippen LogP contribution in [0.4, 0.5) is 0 Å². The lowest BCUT2D eigenvalue weighted by atomic mass is 10.1. The topological polar surface area (TPSA) is 72.6 Å². The molecule has 2 rings (SSSR count). The van der Waals surface area contributed by atoms with E-state index in [2.05, 4.69) is 0 Å². The molecule has 0 radical (unpaired) electrons. The van der Waals surface area contributed by atoms with Gasteiger partial charge in [-0.1, -0.05) is 24.4 Å². The third kappa shape index (κ3) is 3.17. The minimum absolute atomic E-state index is 0.0442. The van der Waals surface area contributed by atoms with Gasteiger partial charge in [0.05, 0.1) is 11.0 Å². The summed E-state index contributed by atoms with van der Waals surface area (Å²) in [6.07, 6.45) is 1.64. The molecule has 1 aromatic carbocycles. The predicted octanol–water partition coefficient (Wildman–Crippen LogP) is 1.12. The van der Waals surface area contributed by atoms with Crippen molar-refractivity contribution in [2.75, 3.05) is 20.2 Å². The lowest BCUT2D eigenvalue weighted by molar-refractivity contribution is 0.0572. The summed E-state index contributed by atoms with van der Waals surface area (Å²) in [5.74, 6) is 0. The van der Waals surface area contributed by atoms with E-state index in [1.54, 1.807) is 25.3 Å². The smallest absolute Gasteiger partial charge is 0.243 e. The standard InChI is InChI=1S/C13H18N2O3S2/c1-18-11-5-3-7-15(9-11)20(16,17)12-6-2-4-10(8-12)13(14)19/h2,4,6,8,11H,3,5,7,9H2,1H3,(H2,14,19). The van der Waals surface area contributed by atoms with Crippen molar-refractivity contribution in [2.24, 2.45) is 5.73 Å². The van der Waals surface area contributed by atoms with E-state index in [1.165, 1.54) is 10.4 Å². The minimum Gasteiger partial charge on any atom is -0.389 e. The number of thiocarbonyl (C=S) groups is 1. The Kier molecular flexibility index (Phi) is 4.74. The highest BCUT2D eigenvalue weighted by atomic mass is 32.2. The van der Waals surface area contributed by atoms with E-state index in [0.717, 1.165) is 12.8 Å². The molecule has 1 aliphatic heterocycles. The predicted molar refractivity (Wildman–Crippen MR) is 81.1 cm³/mol. The second kappa shape index (κ2) is 6.17. The van der Waals surface area contributed by atoms with Crippen LogP contribution in [0.25, 0.3) is 0 Å². The SMILES string of the molecule is COC1CCCN(S(=O)(=O)c2cccc(C(N)=S)c2)C1. The van der Waals surface area contributed by atoms with Gasteiger partial charge in [0.2, 0.25) is 10.0 Å². The normalized spacial score (nSPS) is 20.8. The van der Waals surface area contributed by atoms with E-state index in [4.69, 9.17) is 22.7 Å². The number of piperidine rings is 1. The summed E-state index contributed by atoms with van der Waals surface area (Å²) in [5, 5.41) is 0. The first-order valence-corrected chi connectivity index (χ1v) is 8.23. The summed E-state index contributed by atoms with van der Waals surface area (Å²) in [7, 11) is -1.92. The number of rotatable bonds is 4. The number of nitrogens with two attached hydrogens (primary N) is 1. The van der Waals surface area contributed by atoms with Crippen molar-refractivity contribution in [3.8, 4) is 0 Å². The number of benzene rings is 1. The van der Waals surface area contributed by atoms with Crippen molar-refractivity contribution in [3.05, 3.63) is 29.8 Å². The fourth-order valence-corrected chi connectivity index (χ4v) is 3.96. The van der Waals surface area contributed by atoms with Crippen molar-refractivity contribution in [1.29, 1.82) is 0 Å². The lowest BCUT2D eigenvalue weighted by Gasteiger charge is -2.31. The van der Waals surface area contributed by atoms with Crippen molar-refractivity contribution >= 4 is 27.2 Å². The third-order valence-electron chi connectivity index (χ3n) is 3.43. The van der Waals surface area contributed by atoms with Crippen LogP contribution < -0.4 is 5.73 Å². The largest absolute Gasteiger partial charge is 0.389 e. The number of ether oxygens (including phenoxy) is 1. The molecule has 1 atom stereocenters. The van der Waals surface area contributed by atoms with Crippen LogP contribution in [0.15, 0.2) is 29.2 Å². The molecule has 5 nitrogen and oxygen atoms in total. The molecule has 0 aromatic heterocycles. The molecule has 2 N–H and O–H groups in total. The summed E-state index contributed by atoms with van der Waals surface area (Å²) in [6.45, 7) is 0.898. The molecule has 1 heterocycles. The molecule has 1 aromatic rings.